The van der Waals surface area contributed by atoms with Crippen molar-refractivity contribution in [1.82, 2.24) is 14.9 Å². The Labute approximate surface area is 174 Å². The molecule has 0 spiro atoms. The number of rotatable bonds is 3. The van der Waals surface area contributed by atoms with E-state index in [9.17, 15) is 9.90 Å². The zero-order valence-corrected chi connectivity index (χ0v) is 16.9. The molecule has 4 heterocycles. The third kappa shape index (κ3) is 2.42. The van der Waals surface area contributed by atoms with Gasteiger partial charge in [-0.05, 0) is 41.5 Å². The van der Waals surface area contributed by atoms with Crippen molar-refractivity contribution in [1.29, 1.82) is 0 Å². The highest BCUT2D eigenvalue weighted by atomic mass is 16.3. The summed E-state index contributed by atoms with van der Waals surface area (Å²) >= 11 is 0. The molecule has 0 saturated carbocycles. The van der Waals surface area contributed by atoms with E-state index in [1.54, 1.807) is 0 Å². The van der Waals surface area contributed by atoms with Crippen molar-refractivity contribution in [2.75, 3.05) is 0 Å². The Morgan fingerprint density at radius 2 is 1.97 bits per heavy atom. The van der Waals surface area contributed by atoms with E-state index in [1.165, 1.54) is 11.1 Å². The van der Waals surface area contributed by atoms with E-state index >= 15 is 0 Å². The number of para-hydroxylation sites is 2. The van der Waals surface area contributed by atoms with E-state index in [-0.39, 0.29) is 23.7 Å². The van der Waals surface area contributed by atoms with Crippen LogP contribution in [0.1, 0.15) is 41.9 Å². The minimum absolute atomic E-state index is 0.00631. The van der Waals surface area contributed by atoms with Crippen molar-refractivity contribution in [2.24, 2.45) is 5.92 Å². The van der Waals surface area contributed by atoms with Gasteiger partial charge in [0.2, 0.25) is 5.91 Å². The van der Waals surface area contributed by atoms with Crippen LogP contribution in [-0.4, -0.2) is 26.8 Å². The fraction of sp³-hybridized carbons (Fsp3) is 0.320. The molecule has 3 N–H and O–H groups in total. The topological polar surface area (TPSA) is 70.1 Å². The van der Waals surface area contributed by atoms with Crippen LogP contribution in [0.4, 0.5) is 0 Å². The number of aliphatic hydroxyl groups excluding tert-OH is 1. The maximum absolute atomic E-state index is 13.1. The minimum atomic E-state index is -0.863. The van der Waals surface area contributed by atoms with Crippen LogP contribution >= 0.6 is 0 Å². The molecule has 5 heteroatoms. The van der Waals surface area contributed by atoms with Crippen molar-refractivity contribution in [3.05, 3.63) is 71.5 Å². The van der Waals surface area contributed by atoms with Gasteiger partial charge in [-0.1, -0.05) is 43.3 Å². The lowest BCUT2D eigenvalue weighted by Gasteiger charge is -2.26. The smallest absolute Gasteiger partial charge is 0.230 e. The van der Waals surface area contributed by atoms with Gasteiger partial charge in [-0.3, -0.25) is 4.79 Å². The number of carbonyl (C=O) groups excluding carboxylic acids is 1. The Balaban J connectivity index is 1.49. The van der Waals surface area contributed by atoms with Crippen molar-refractivity contribution in [3.63, 3.8) is 0 Å². The average molecular weight is 399 g/mol. The molecule has 4 aromatic rings. The molecule has 152 valence electrons. The first kappa shape index (κ1) is 17.8. The van der Waals surface area contributed by atoms with Gasteiger partial charge in [-0.2, -0.15) is 0 Å². The molecule has 6 rings (SSSR count). The van der Waals surface area contributed by atoms with E-state index in [1.807, 2.05) is 18.3 Å². The fourth-order valence-corrected chi connectivity index (χ4v) is 5.81. The number of hydrogen-bond donors (Lipinski definition) is 3. The van der Waals surface area contributed by atoms with Crippen molar-refractivity contribution < 1.29 is 9.90 Å². The molecule has 0 bridgehead atoms. The second-order valence-electron chi connectivity index (χ2n) is 8.78. The van der Waals surface area contributed by atoms with Crippen LogP contribution in [0.15, 0.2) is 54.9 Å². The number of aliphatic hydroxyl groups is 1. The van der Waals surface area contributed by atoms with Crippen LogP contribution < -0.4 is 5.32 Å². The van der Waals surface area contributed by atoms with Gasteiger partial charge in [0.15, 0.2) is 0 Å². The monoisotopic (exact) mass is 399 g/mol. The number of amides is 1. The summed E-state index contributed by atoms with van der Waals surface area (Å²) in [7, 11) is 0. The number of benzene rings is 2. The summed E-state index contributed by atoms with van der Waals surface area (Å²) in [6.45, 7) is 3.10. The van der Waals surface area contributed by atoms with E-state index in [0.29, 0.717) is 0 Å². The lowest BCUT2D eigenvalue weighted by molar-refractivity contribution is -0.121. The van der Waals surface area contributed by atoms with Crippen LogP contribution in [0.3, 0.4) is 0 Å². The summed E-state index contributed by atoms with van der Waals surface area (Å²) in [5, 5.41) is 16.0. The fourth-order valence-electron chi connectivity index (χ4n) is 5.81. The lowest BCUT2D eigenvalue weighted by Crippen LogP contribution is -2.30. The summed E-state index contributed by atoms with van der Waals surface area (Å²) < 4.78 is 2.30. The van der Waals surface area contributed by atoms with Crippen molar-refractivity contribution in [2.45, 2.75) is 44.4 Å². The highest BCUT2D eigenvalue weighted by Crippen LogP contribution is 2.46. The number of aromatic amines is 1. The molecule has 4 atom stereocenters. The number of nitrogens with one attached hydrogen (secondary N) is 2. The standard InChI is InChI=1S/C25H25N3O2/c1-14(18-12-26-20-10-3-2-8-16(18)20)21-22(25(30)27-24(21)29)19-13-28-11-5-7-15-6-4-9-17(19)23(15)28/h2-4,6,8-10,12-14,21-22,24,26,29H,5,7,11H2,1H3,(H,27,30)/t14-,21-,22+,24?/m0/s1. The summed E-state index contributed by atoms with van der Waals surface area (Å²) in [6.07, 6.45) is 5.52. The number of aryl methyl sites for hydroxylation is 2. The van der Waals surface area contributed by atoms with Gasteiger partial charge in [0, 0.05) is 41.1 Å². The number of hydrogen-bond acceptors (Lipinski definition) is 2. The van der Waals surface area contributed by atoms with Gasteiger partial charge < -0.3 is 20.0 Å². The van der Waals surface area contributed by atoms with Crippen molar-refractivity contribution >= 4 is 27.7 Å². The molecular weight excluding hydrogens is 374 g/mol. The number of carbonyl (C=O) groups is 1. The van der Waals surface area contributed by atoms with Crippen LogP contribution in [0.2, 0.25) is 0 Å². The third-order valence-corrected chi connectivity index (χ3v) is 7.20. The van der Waals surface area contributed by atoms with E-state index in [2.05, 4.69) is 58.3 Å². The summed E-state index contributed by atoms with van der Waals surface area (Å²) in [6, 6.07) is 14.6. The third-order valence-electron chi connectivity index (χ3n) is 7.20. The van der Waals surface area contributed by atoms with Gasteiger partial charge in [0.25, 0.3) is 0 Å². The van der Waals surface area contributed by atoms with Crippen LogP contribution in [0.25, 0.3) is 21.8 Å². The first-order valence-electron chi connectivity index (χ1n) is 10.8. The molecule has 30 heavy (non-hydrogen) atoms. The zero-order valence-electron chi connectivity index (χ0n) is 16.9. The largest absolute Gasteiger partial charge is 0.373 e. The maximum atomic E-state index is 13.1. The van der Waals surface area contributed by atoms with Crippen LogP contribution in [0.5, 0.6) is 0 Å². The van der Waals surface area contributed by atoms with Gasteiger partial charge in [0.1, 0.15) is 6.23 Å². The number of H-pyrrole nitrogens is 1. The van der Waals surface area contributed by atoms with Gasteiger partial charge in [0.05, 0.1) is 11.4 Å². The quantitative estimate of drug-likeness (QED) is 0.487. The summed E-state index contributed by atoms with van der Waals surface area (Å²) in [4.78, 5) is 16.4. The minimum Gasteiger partial charge on any atom is -0.373 e. The van der Waals surface area contributed by atoms with Crippen molar-refractivity contribution in [3.8, 4) is 0 Å². The Bertz CT molecular complexity index is 1280. The molecule has 2 aliphatic rings. The van der Waals surface area contributed by atoms with E-state index < -0.39 is 6.23 Å². The highest BCUT2D eigenvalue weighted by molar-refractivity contribution is 5.95. The van der Waals surface area contributed by atoms with E-state index in [4.69, 9.17) is 0 Å². The van der Waals surface area contributed by atoms with Crippen LogP contribution in [0, 0.1) is 5.92 Å². The van der Waals surface area contributed by atoms with Crippen LogP contribution in [-0.2, 0) is 17.8 Å². The predicted octanol–water partition coefficient (Wildman–Crippen LogP) is 4.02. The normalized spacial score (nSPS) is 24.5. The predicted molar refractivity (Wildman–Crippen MR) is 117 cm³/mol. The van der Waals surface area contributed by atoms with Gasteiger partial charge in [-0.25, -0.2) is 0 Å². The molecule has 1 fully saturated rings. The Morgan fingerprint density at radius 1 is 1.13 bits per heavy atom. The molecule has 5 nitrogen and oxygen atoms in total. The number of nitrogens with zero attached hydrogens (tertiary/aromatic N) is 1. The number of aromatic nitrogens is 2. The second-order valence-corrected chi connectivity index (χ2v) is 8.78. The molecule has 1 saturated heterocycles. The zero-order chi connectivity index (χ0) is 20.4. The van der Waals surface area contributed by atoms with Gasteiger partial charge >= 0.3 is 0 Å². The maximum Gasteiger partial charge on any atom is 0.230 e. The average Bonchev–Trinajstić information content (AvgIpc) is 3.42. The molecule has 1 amide bonds. The molecule has 0 radical (unpaired) electrons. The highest BCUT2D eigenvalue weighted by Gasteiger charge is 2.47. The first-order valence-corrected chi connectivity index (χ1v) is 10.8. The lowest BCUT2D eigenvalue weighted by atomic mass is 9.76. The molecule has 2 aliphatic heterocycles. The Morgan fingerprint density at radius 3 is 2.87 bits per heavy atom. The molecule has 2 aromatic carbocycles. The summed E-state index contributed by atoms with van der Waals surface area (Å²) in [5.41, 5.74) is 5.87. The van der Waals surface area contributed by atoms with Gasteiger partial charge in [-0.15, -0.1) is 0 Å². The molecule has 0 aliphatic carbocycles. The number of fused-ring (bicyclic) bond motifs is 1. The Kier molecular flexibility index (Phi) is 3.84. The molecule has 1 unspecified atom stereocenters. The first-order chi connectivity index (χ1) is 14.6. The summed E-state index contributed by atoms with van der Waals surface area (Å²) in [5.74, 6) is -0.685. The van der Waals surface area contributed by atoms with E-state index in [0.717, 1.165) is 46.8 Å². The SMILES string of the molecule is C[C@@H](c1c[nH]c2ccccc12)[C@@H]1C(O)NC(=O)[C@@H]1c1cn2c3c(cccc13)CCC2. The molecular formula is C25H25N3O2. The second kappa shape index (κ2) is 6.47. The Hall–Kier alpha value is -3.05. The molecule has 2 aromatic heterocycles.